The van der Waals surface area contributed by atoms with Gasteiger partial charge in [0.1, 0.15) is 39.5 Å². The Morgan fingerprint density at radius 3 is 1.32 bits per heavy atom. The second kappa shape index (κ2) is 6.48. The zero-order valence-electron chi connectivity index (χ0n) is 18.1. The van der Waals surface area contributed by atoms with Crippen LogP contribution in [0.25, 0.3) is 0 Å². The Bertz CT molecular complexity index is 689. The summed E-state index contributed by atoms with van der Waals surface area (Å²) in [5.41, 5.74) is 83.6. The third-order valence-corrected chi connectivity index (χ3v) is 8.26. The quantitative estimate of drug-likeness (QED) is 0.178. The molecule has 0 aliphatic heterocycles. The van der Waals surface area contributed by atoms with Crippen molar-refractivity contribution in [3.05, 3.63) is 0 Å². The molecule has 16 nitrogen and oxygen atoms in total. The van der Waals surface area contributed by atoms with Crippen molar-refractivity contribution < 1.29 is 0 Å². The Balaban J connectivity index is 3.09. The molecule has 0 aromatic heterocycles. The minimum atomic E-state index is -2.62. The fraction of sp³-hybridized carbons (Fsp3) is 1.00. The Hall–Kier alpha value is -0.640. The number of rotatable bonds is 3. The normalized spacial score (nSPS) is 36.1. The van der Waals surface area contributed by atoms with Gasteiger partial charge in [-0.25, -0.2) is 0 Å². The van der Waals surface area contributed by atoms with Crippen LogP contribution in [0.4, 0.5) is 0 Å². The van der Waals surface area contributed by atoms with E-state index in [1.807, 2.05) is 0 Å². The molecule has 2 atom stereocenters. The van der Waals surface area contributed by atoms with Gasteiger partial charge in [-0.05, 0) is 19.3 Å². The largest absolute Gasteiger partial charge is 0.328 e. The zero-order chi connectivity index (χ0) is 24.9. The molecule has 2 saturated carbocycles. The number of hydrogen-bond acceptors (Lipinski definition) is 16. The summed E-state index contributed by atoms with van der Waals surface area (Å²) >= 11 is 0. The topological polar surface area (TPSA) is 416 Å². The van der Waals surface area contributed by atoms with Crippen LogP contribution in [0.2, 0.25) is 0 Å². The summed E-state index contributed by atoms with van der Waals surface area (Å²) in [7, 11) is 0. The molecule has 0 bridgehead atoms. The van der Waals surface area contributed by atoms with Crippen LogP contribution < -0.4 is 91.7 Å². The Morgan fingerprint density at radius 2 is 1.00 bits per heavy atom. The summed E-state index contributed by atoms with van der Waals surface area (Å²) in [5, 5.41) is 0. The molecular formula is C15H44N16. The smallest absolute Gasteiger partial charge is 0.134 e. The molecule has 32 N–H and O–H groups in total. The van der Waals surface area contributed by atoms with Gasteiger partial charge in [0.25, 0.3) is 0 Å². The number of hydrogen-bond donors (Lipinski definition) is 16. The molecular weight excluding hydrogens is 404 g/mol. The lowest BCUT2D eigenvalue weighted by atomic mass is 9.39. The predicted octanol–water partition coefficient (Wildman–Crippen LogP) is -8.89. The van der Waals surface area contributed by atoms with Crippen molar-refractivity contribution in [1.82, 2.24) is 0 Å². The molecule has 2 unspecified atom stereocenters. The van der Waals surface area contributed by atoms with E-state index in [1.165, 1.54) is 0 Å². The third-order valence-electron chi connectivity index (χ3n) is 8.26. The Kier molecular flexibility index (Phi) is 5.56. The van der Waals surface area contributed by atoms with Crippen molar-refractivity contribution in [1.29, 1.82) is 0 Å². The van der Waals surface area contributed by atoms with Gasteiger partial charge in [0.05, 0.1) is 5.66 Å². The highest BCUT2D eigenvalue weighted by molar-refractivity contribution is 5.44. The van der Waals surface area contributed by atoms with E-state index in [9.17, 15) is 0 Å². The maximum Gasteiger partial charge on any atom is 0.134 e. The van der Waals surface area contributed by atoms with Gasteiger partial charge in [0.2, 0.25) is 0 Å². The average molecular weight is 449 g/mol. The molecule has 2 aliphatic carbocycles. The lowest BCUT2D eigenvalue weighted by Crippen LogP contribution is -3.16. The predicted molar refractivity (Wildman–Crippen MR) is 119 cm³/mol. The minimum Gasteiger partial charge on any atom is -0.328 e. The highest BCUT2D eigenvalue weighted by atomic mass is 15.4. The summed E-state index contributed by atoms with van der Waals surface area (Å²) < 4.78 is 0. The molecule has 184 valence electrons. The lowest BCUT2D eigenvalue weighted by molar-refractivity contribution is -0.245. The molecule has 31 heavy (non-hydrogen) atoms. The first kappa shape index (κ1) is 26.6. The SMILES string of the molecule is CC1(C(N)(N)C2(C(N)(N)N)C(N)(N)C(N)(N)C(N)(N)C(N)(N)C2(N)N)CCCC(N)C1. The first-order valence-electron chi connectivity index (χ1n) is 9.94. The van der Waals surface area contributed by atoms with Gasteiger partial charge < -0.3 is 91.7 Å². The van der Waals surface area contributed by atoms with E-state index in [0.717, 1.165) is 0 Å². The molecule has 0 radical (unpaired) electrons. The van der Waals surface area contributed by atoms with Gasteiger partial charge in [0.15, 0.2) is 0 Å². The maximum atomic E-state index is 6.82. The molecule has 0 heterocycles. The van der Waals surface area contributed by atoms with Crippen LogP contribution in [0.3, 0.4) is 0 Å². The Morgan fingerprint density at radius 1 is 0.645 bits per heavy atom. The number of nitrogens with two attached hydrogens (primary N) is 16. The van der Waals surface area contributed by atoms with Gasteiger partial charge in [-0.1, -0.05) is 13.3 Å². The molecule has 2 aliphatic rings. The molecule has 0 aromatic rings. The Labute approximate surface area is 181 Å². The minimum absolute atomic E-state index is 0.282. The van der Waals surface area contributed by atoms with E-state index in [4.69, 9.17) is 91.7 Å². The van der Waals surface area contributed by atoms with Gasteiger partial charge in [-0.2, -0.15) is 0 Å². The van der Waals surface area contributed by atoms with Crippen LogP contribution in [0.5, 0.6) is 0 Å². The summed E-state index contributed by atoms with van der Waals surface area (Å²) in [4.78, 5) is 0. The first-order valence-corrected chi connectivity index (χ1v) is 9.94. The van der Waals surface area contributed by atoms with E-state index < -0.39 is 50.6 Å². The van der Waals surface area contributed by atoms with Crippen LogP contribution in [0.1, 0.15) is 32.6 Å². The third kappa shape index (κ3) is 2.58. The molecule has 0 amide bonds. The molecule has 16 heteroatoms. The van der Waals surface area contributed by atoms with Crippen molar-refractivity contribution in [2.45, 2.75) is 78.4 Å². The zero-order valence-corrected chi connectivity index (χ0v) is 18.1. The fourth-order valence-corrected chi connectivity index (χ4v) is 6.11. The molecule has 2 rings (SSSR count). The van der Waals surface area contributed by atoms with Crippen molar-refractivity contribution in [2.75, 3.05) is 0 Å². The van der Waals surface area contributed by atoms with Crippen molar-refractivity contribution in [2.24, 2.45) is 103 Å². The van der Waals surface area contributed by atoms with Crippen LogP contribution >= 0.6 is 0 Å². The van der Waals surface area contributed by atoms with Gasteiger partial charge in [-0.15, -0.1) is 0 Å². The van der Waals surface area contributed by atoms with Gasteiger partial charge in [-0.3, -0.25) is 0 Å². The van der Waals surface area contributed by atoms with Gasteiger partial charge >= 0.3 is 0 Å². The van der Waals surface area contributed by atoms with E-state index >= 15 is 0 Å². The fourth-order valence-electron chi connectivity index (χ4n) is 6.11. The summed E-state index contributed by atoms with van der Waals surface area (Å²) in [6.07, 6.45) is 2.07. The van der Waals surface area contributed by atoms with E-state index in [-0.39, 0.29) is 12.5 Å². The highest BCUT2D eigenvalue weighted by Gasteiger charge is 2.89. The lowest BCUT2D eigenvalue weighted by Gasteiger charge is -2.79. The second-order valence-electron chi connectivity index (χ2n) is 10.3. The summed E-state index contributed by atoms with van der Waals surface area (Å²) in [5.74, 6) is -2.56. The van der Waals surface area contributed by atoms with Crippen LogP contribution in [-0.4, -0.2) is 45.8 Å². The van der Waals surface area contributed by atoms with Crippen LogP contribution in [-0.2, 0) is 0 Å². The first-order chi connectivity index (χ1) is 13.4. The van der Waals surface area contributed by atoms with Crippen molar-refractivity contribution in [3.63, 3.8) is 0 Å². The average Bonchev–Trinajstić information content (AvgIpc) is 2.50. The standard InChI is InChI=1S/C15H44N16/c1-7(4-2-3-6(16)5-7)9(17,18)8(15(29,30)31)10(19,20)12(23,24)14(27,28)13(25,26)11(8,21)22/h6H,2-5,16-31H2,1H3. The molecule has 0 spiro atoms. The molecule has 2 fully saturated rings. The van der Waals surface area contributed by atoms with E-state index in [0.29, 0.717) is 19.3 Å². The molecule has 0 aromatic carbocycles. The maximum absolute atomic E-state index is 6.82. The second-order valence-corrected chi connectivity index (χ2v) is 10.3. The van der Waals surface area contributed by atoms with Crippen molar-refractivity contribution >= 4 is 0 Å². The summed E-state index contributed by atoms with van der Waals surface area (Å²) in [6.45, 7) is 1.72. The van der Waals surface area contributed by atoms with Gasteiger partial charge in [0, 0.05) is 11.5 Å². The summed E-state index contributed by atoms with van der Waals surface area (Å²) in [6, 6.07) is -0.285. The van der Waals surface area contributed by atoms with Crippen LogP contribution in [0, 0.1) is 10.8 Å². The highest BCUT2D eigenvalue weighted by Crippen LogP contribution is 2.61. The van der Waals surface area contributed by atoms with E-state index in [2.05, 4.69) is 0 Å². The monoisotopic (exact) mass is 448 g/mol. The van der Waals surface area contributed by atoms with Crippen LogP contribution in [0.15, 0.2) is 0 Å². The van der Waals surface area contributed by atoms with E-state index in [1.54, 1.807) is 6.92 Å². The molecule has 0 saturated heterocycles. The van der Waals surface area contributed by atoms with Crippen molar-refractivity contribution in [3.8, 4) is 0 Å².